The summed E-state index contributed by atoms with van der Waals surface area (Å²) < 4.78 is 11.3. The SMILES string of the molecule is COC(=O)c1c(Oc2ccc(-c3ccccc3)cc2)nnc(-c2ccccc2)c1-c1ccccc1. The van der Waals surface area contributed by atoms with Crippen molar-refractivity contribution in [3.05, 3.63) is 121 Å². The smallest absolute Gasteiger partial charge is 0.344 e. The Morgan fingerprint density at radius 3 is 1.69 bits per heavy atom. The van der Waals surface area contributed by atoms with Crippen LogP contribution in [0.1, 0.15) is 10.4 Å². The van der Waals surface area contributed by atoms with E-state index in [2.05, 4.69) is 10.2 Å². The van der Waals surface area contributed by atoms with Gasteiger partial charge in [-0.25, -0.2) is 4.79 Å². The van der Waals surface area contributed by atoms with Crippen molar-refractivity contribution in [2.45, 2.75) is 0 Å². The van der Waals surface area contributed by atoms with E-state index in [1.54, 1.807) is 0 Å². The maximum Gasteiger partial charge on any atom is 0.344 e. The molecule has 0 atom stereocenters. The molecule has 0 unspecified atom stereocenters. The standard InChI is InChI=1S/C30H22N2O3/c1-34-30(33)27-26(23-13-7-3-8-14-23)28(24-15-9-4-10-16-24)31-32-29(27)35-25-19-17-22(18-20-25)21-11-5-2-6-12-21/h2-20H,1H3. The third kappa shape index (κ3) is 4.66. The number of aromatic nitrogens is 2. The van der Waals surface area contributed by atoms with Crippen LogP contribution in [0.2, 0.25) is 0 Å². The fraction of sp³-hybridized carbons (Fsp3) is 0.0333. The second kappa shape index (κ2) is 10.0. The van der Waals surface area contributed by atoms with Crippen molar-refractivity contribution in [3.8, 4) is 45.1 Å². The van der Waals surface area contributed by atoms with E-state index in [0.29, 0.717) is 17.0 Å². The topological polar surface area (TPSA) is 61.3 Å². The highest BCUT2D eigenvalue weighted by Gasteiger charge is 2.26. The zero-order valence-corrected chi connectivity index (χ0v) is 19.1. The first kappa shape index (κ1) is 22.0. The van der Waals surface area contributed by atoms with Gasteiger partial charge in [-0.2, -0.15) is 0 Å². The molecule has 0 fully saturated rings. The van der Waals surface area contributed by atoms with Crippen molar-refractivity contribution in [2.75, 3.05) is 7.11 Å². The van der Waals surface area contributed by atoms with Crippen LogP contribution >= 0.6 is 0 Å². The number of nitrogens with zero attached hydrogens (tertiary/aromatic N) is 2. The number of benzene rings is 4. The lowest BCUT2D eigenvalue weighted by molar-refractivity contribution is 0.0597. The van der Waals surface area contributed by atoms with E-state index in [1.807, 2.05) is 115 Å². The highest BCUT2D eigenvalue weighted by atomic mass is 16.5. The van der Waals surface area contributed by atoms with Gasteiger partial charge in [0.15, 0.2) is 0 Å². The zero-order chi connectivity index (χ0) is 24.0. The summed E-state index contributed by atoms with van der Waals surface area (Å²) in [7, 11) is 1.35. The molecule has 0 radical (unpaired) electrons. The molecule has 5 nitrogen and oxygen atoms in total. The fourth-order valence-electron chi connectivity index (χ4n) is 3.93. The molecule has 0 saturated heterocycles. The van der Waals surface area contributed by atoms with Crippen LogP contribution < -0.4 is 4.74 Å². The second-order valence-electron chi connectivity index (χ2n) is 7.82. The van der Waals surface area contributed by atoms with Crippen molar-refractivity contribution in [1.29, 1.82) is 0 Å². The van der Waals surface area contributed by atoms with Gasteiger partial charge < -0.3 is 9.47 Å². The van der Waals surface area contributed by atoms with Gasteiger partial charge in [0.25, 0.3) is 5.88 Å². The maximum atomic E-state index is 13.1. The van der Waals surface area contributed by atoms with Gasteiger partial charge in [0.05, 0.1) is 7.11 Å². The number of carbonyl (C=O) groups is 1. The van der Waals surface area contributed by atoms with Crippen LogP contribution in [-0.2, 0) is 4.74 Å². The van der Waals surface area contributed by atoms with Crippen molar-refractivity contribution in [1.82, 2.24) is 10.2 Å². The minimum absolute atomic E-state index is 0.0860. The number of hydrogen-bond acceptors (Lipinski definition) is 5. The Morgan fingerprint density at radius 2 is 1.11 bits per heavy atom. The molecule has 170 valence electrons. The summed E-state index contributed by atoms with van der Waals surface area (Å²) in [5.74, 6) is 0.0743. The lowest BCUT2D eigenvalue weighted by Crippen LogP contribution is -2.10. The highest BCUT2D eigenvalue weighted by molar-refractivity contribution is 6.03. The molecule has 0 aliphatic carbocycles. The lowest BCUT2D eigenvalue weighted by Gasteiger charge is -2.16. The molecule has 0 bridgehead atoms. The number of ether oxygens (including phenoxy) is 2. The molecule has 0 spiro atoms. The van der Waals surface area contributed by atoms with Gasteiger partial charge in [-0.3, -0.25) is 0 Å². The molecule has 1 aromatic heterocycles. The van der Waals surface area contributed by atoms with E-state index in [9.17, 15) is 4.79 Å². The molecule has 0 saturated carbocycles. The van der Waals surface area contributed by atoms with Crippen molar-refractivity contribution >= 4 is 5.97 Å². The number of carbonyl (C=O) groups excluding carboxylic acids is 1. The third-order valence-electron chi connectivity index (χ3n) is 5.62. The van der Waals surface area contributed by atoms with Crippen LogP contribution in [0.5, 0.6) is 11.6 Å². The molecule has 5 rings (SSSR count). The maximum absolute atomic E-state index is 13.1. The third-order valence-corrected chi connectivity index (χ3v) is 5.62. The number of rotatable bonds is 6. The average Bonchev–Trinajstić information content (AvgIpc) is 2.94. The number of esters is 1. The Balaban J connectivity index is 1.62. The quantitative estimate of drug-likeness (QED) is 0.255. The summed E-state index contributed by atoms with van der Waals surface area (Å²) >= 11 is 0. The average molecular weight is 459 g/mol. The van der Waals surface area contributed by atoms with Gasteiger partial charge in [0, 0.05) is 11.1 Å². The first-order valence-corrected chi connectivity index (χ1v) is 11.2. The number of hydrogen-bond donors (Lipinski definition) is 0. The second-order valence-corrected chi connectivity index (χ2v) is 7.82. The van der Waals surface area contributed by atoms with Crippen LogP contribution in [0.15, 0.2) is 115 Å². The molecular formula is C30H22N2O3. The van der Waals surface area contributed by atoms with E-state index in [4.69, 9.17) is 9.47 Å². The van der Waals surface area contributed by atoms with Crippen LogP contribution in [0.3, 0.4) is 0 Å². The van der Waals surface area contributed by atoms with Crippen molar-refractivity contribution in [3.63, 3.8) is 0 Å². The first-order chi connectivity index (χ1) is 17.2. The molecule has 5 heteroatoms. The Labute approximate surface area is 203 Å². The van der Waals surface area contributed by atoms with Crippen LogP contribution in [-0.4, -0.2) is 23.3 Å². The van der Waals surface area contributed by atoms with Gasteiger partial charge in [0.2, 0.25) is 0 Å². The van der Waals surface area contributed by atoms with E-state index >= 15 is 0 Å². The zero-order valence-electron chi connectivity index (χ0n) is 19.1. The summed E-state index contributed by atoms with van der Waals surface area (Å²) in [6.07, 6.45) is 0. The van der Waals surface area contributed by atoms with Gasteiger partial charge in [-0.05, 0) is 28.8 Å². The van der Waals surface area contributed by atoms with E-state index in [1.165, 1.54) is 7.11 Å². The van der Waals surface area contributed by atoms with Gasteiger partial charge >= 0.3 is 5.97 Å². The predicted molar refractivity (Wildman–Crippen MR) is 136 cm³/mol. The molecular weight excluding hydrogens is 436 g/mol. The van der Waals surface area contributed by atoms with Crippen molar-refractivity contribution < 1.29 is 14.3 Å². The predicted octanol–water partition coefficient (Wildman–Crippen LogP) is 7.06. The molecule has 0 aliphatic rings. The molecule has 0 amide bonds. The molecule has 35 heavy (non-hydrogen) atoms. The summed E-state index contributed by atoms with van der Waals surface area (Å²) in [5, 5.41) is 8.79. The van der Waals surface area contributed by atoms with Crippen molar-refractivity contribution in [2.24, 2.45) is 0 Å². The van der Waals surface area contributed by atoms with E-state index in [-0.39, 0.29) is 11.4 Å². The first-order valence-electron chi connectivity index (χ1n) is 11.2. The molecule has 0 N–H and O–H groups in total. The van der Waals surface area contributed by atoms with Gasteiger partial charge in [0.1, 0.15) is 17.0 Å². The monoisotopic (exact) mass is 458 g/mol. The van der Waals surface area contributed by atoms with E-state index in [0.717, 1.165) is 22.3 Å². The van der Waals surface area contributed by atoms with Crippen LogP contribution in [0.25, 0.3) is 33.5 Å². The summed E-state index contributed by atoms with van der Waals surface area (Å²) in [4.78, 5) is 13.1. The largest absolute Gasteiger partial charge is 0.465 e. The highest BCUT2D eigenvalue weighted by Crippen LogP contribution is 2.38. The minimum atomic E-state index is -0.549. The molecule has 0 aliphatic heterocycles. The number of methoxy groups -OCH3 is 1. The molecule has 1 heterocycles. The van der Waals surface area contributed by atoms with Crippen LogP contribution in [0, 0.1) is 0 Å². The fourth-order valence-corrected chi connectivity index (χ4v) is 3.93. The molecule has 5 aromatic rings. The van der Waals surface area contributed by atoms with Crippen LogP contribution in [0.4, 0.5) is 0 Å². The Morgan fingerprint density at radius 1 is 0.600 bits per heavy atom. The van der Waals surface area contributed by atoms with Gasteiger partial charge in [-0.15, -0.1) is 10.2 Å². The summed E-state index contributed by atoms with van der Waals surface area (Å²) in [6, 6.07) is 36.9. The van der Waals surface area contributed by atoms with E-state index < -0.39 is 5.97 Å². The molecule has 4 aromatic carbocycles. The van der Waals surface area contributed by atoms with Gasteiger partial charge in [-0.1, -0.05) is 103 Å². The Kier molecular flexibility index (Phi) is 6.31. The summed E-state index contributed by atoms with van der Waals surface area (Å²) in [5.41, 5.74) is 5.21. The summed E-state index contributed by atoms with van der Waals surface area (Å²) in [6.45, 7) is 0. The minimum Gasteiger partial charge on any atom is -0.465 e. The Hall–Kier alpha value is -4.77. The Bertz CT molecular complexity index is 1440. The lowest BCUT2D eigenvalue weighted by atomic mass is 9.95. The normalized spacial score (nSPS) is 10.5.